The van der Waals surface area contributed by atoms with Gasteiger partial charge in [-0.2, -0.15) is 4.37 Å². The summed E-state index contributed by atoms with van der Waals surface area (Å²) in [5.41, 5.74) is 0. The highest BCUT2D eigenvalue weighted by Crippen LogP contribution is 2.24. The van der Waals surface area contributed by atoms with Gasteiger partial charge < -0.3 is 5.32 Å². The molecule has 1 aromatic rings. The minimum atomic E-state index is -1.16. The van der Waals surface area contributed by atoms with Crippen molar-refractivity contribution in [1.82, 2.24) is 9.36 Å². The molecule has 0 aromatic carbocycles. The molecule has 0 aliphatic carbocycles. The lowest BCUT2D eigenvalue weighted by molar-refractivity contribution is 0.453. The number of halogens is 1. The van der Waals surface area contributed by atoms with E-state index in [-0.39, 0.29) is 5.82 Å². The van der Waals surface area contributed by atoms with Crippen molar-refractivity contribution in [2.75, 3.05) is 5.32 Å². The lowest BCUT2D eigenvalue weighted by atomic mass is 10.4. The first-order valence-electron chi connectivity index (χ1n) is 3.59. The van der Waals surface area contributed by atoms with E-state index in [4.69, 9.17) is 0 Å². The number of hydrogen-bond donors (Lipinski definition) is 1. The van der Waals surface area contributed by atoms with Crippen molar-refractivity contribution in [3.8, 4) is 0 Å². The van der Waals surface area contributed by atoms with Gasteiger partial charge in [0.05, 0.1) is 0 Å². The molecule has 68 valence electrons. The number of nitrogens with zero attached hydrogens (tertiary/aromatic N) is 2. The van der Waals surface area contributed by atoms with Gasteiger partial charge in [0.15, 0.2) is 11.7 Å². The van der Waals surface area contributed by atoms with Crippen LogP contribution in [-0.4, -0.2) is 15.4 Å². The standard InChI is InChI=1S/C6H11FN3PS/c1-3(2)8-6-9-5(4(7)11)10-12-6/h3-4H,11H2,1-2H3,(H,8,9,10). The third-order valence-corrected chi connectivity index (χ3v) is 2.06. The van der Waals surface area contributed by atoms with Crippen LogP contribution in [0, 0.1) is 0 Å². The van der Waals surface area contributed by atoms with Gasteiger partial charge in [0, 0.05) is 17.6 Å². The molecular weight excluding hydrogens is 196 g/mol. The van der Waals surface area contributed by atoms with Crippen molar-refractivity contribution in [1.29, 1.82) is 0 Å². The number of alkyl halides is 1. The van der Waals surface area contributed by atoms with Gasteiger partial charge in [0.25, 0.3) is 0 Å². The quantitative estimate of drug-likeness (QED) is 0.772. The summed E-state index contributed by atoms with van der Waals surface area (Å²) in [4.78, 5) is 3.95. The molecule has 0 saturated carbocycles. The van der Waals surface area contributed by atoms with Crippen LogP contribution in [0.4, 0.5) is 9.52 Å². The van der Waals surface area contributed by atoms with E-state index in [0.717, 1.165) is 0 Å². The summed E-state index contributed by atoms with van der Waals surface area (Å²) in [6.45, 7) is 3.99. The summed E-state index contributed by atoms with van der Waals surface area (Å²) in [6.07, 6.45) is 0. The Hall–Kier alpha value is -0.280. The normalized spacial score (nSPS) is 13.4. The molecule has 0 saturated heterocycles. The van der Waals surface area contributed by atoms with Gasteiger partial charge >= 0.3 is 0 Å². The highest BCUT2D eigenvalue weighted by molar-refractivity contribution is 7.17. The Balaban J connectivity index is 2.64. The monoisotopic (exact) mass is 207 g/mol. The van der Waals surface area contributed by atoms with Crippen molar-refractivity contribution in [3.63, 3.8) is 0 Å². The lowest BCUT2D eigenvalue weighted by Crippen LogP contribution is -2.09. The topological polar surface area (TPSA) is 37.8 Å². The smallest absolute Gasteiger partial charge is 0.202 e. The average Bonchev–Trinajstić information content (AvgIpc) is 2.34. The third kappa shape index (κ3) is 2.64. The summed E-state index contributed by atoms with van der Waals surface area (Å²) in [7, 11) is 2.02. The maximum atomic E-state index is 12.6. The van der Waals surface area contributed by atoms with Crippen LogP contribution in [0.15, 0.2) is 0 Å². The minimum absolute atomic E-state index is 0.230. The molecule has 1 N–H and O–H groups in total. The molecule has 1 rings (SSSR count). The first-order chi connectivity index (χ1) is 5.59. The lowest BCUT2D eigenvalue weighted by Gasteiger charge is -2.03. The van der Waals surface area contributed by atoms with Gasteiger partial charge in [0.2, 0.25) is 5.13 Å². The summed E-state index contributed by atoms with van der Waals surface area (Å²) in [5.74, 6) is -0.933. The van der Waals surface area contributed by atoms with Gasteiger partial charge in [-0.15, -0.1) is 0 Å². The molecule has 1 heterocycles. The van der Waals surface area contributed by atoms with E-state index >= 15 is 0 Å². The summed E-state index contributed by atoms with van der Waals surface area (Å²) >= 11 is 1.18. The second kappa shape index (κ2) is 4.10. The van der Waals surface area contributed by atoms with Crippen LogP contribution in [0.1, 0.15) is 25.6 Å². The molecule has 2 unspecified atom stereocenters. The second-order valence-electron chi connectivity index (χ2n) is 2.66. The fraction of sp³-hybridized carbons (Fsp3) is 0.667. The Kier molecular flexibility index (Phi) is 3.35. The van der Waals surface area contributed by atoms with E-state index < -0.39 is 5.91 Å². The molecule has 0 amide bonds. The van der Waals surface area contributed by atoms with Crippen LogP contribution >= 0.6 is 20.8 Å². The van der Waals surface area contributed by atoms with Crippen LogP contribution < -0.4 is 5.32 Å². The van der Waals surface area contributed by atoms with Crippen molar-refractivity contribution >= 4 is 25.9 Å². The fourth-order valence-electron chi connectivity index (χ4n) is 0.652. The van der Waals surface area contributed by atoms with Gasteiger partial charge in [-0.25, -0.2) is 9.37 Å². The molecule has 0 aliphatic rings. The first kappa shape index (κ1) is 9.81. The van der Waals surface area contributed by atoms with E-state index in [1.165, 1.54) is 11.5 Å². The molecule has 1 aromatic heterocycles. The van der Waals surface area contributed by atoms with Crippen molar-refractivity contribution < 1.29 is 4.39 Å². The van der Waals surface area contributed by atoms with Gasteiger partial charge in [-0.1, -0.05) is 9.24 Å². The Morgan fingerprint density at radius 1 is 1.58 bits per heavy atom. The molecule has 0 fully saturated rings. The Morgan fingerprint density at radius 2 is 2.25 bits per heavy atom. The predicted molar refractivity (Wildman–Crippen MR) is 52.2 cm³/mol. The zero-order valence-corrected chi connectivity index (χ0v) is 8.88. The Labute approximate surface area is 77.2 Å². The Bertz CT molecular complexity index is 251. The molecule has 0 aliphatic heterocycles. The van der Waals surface area contributed by atoms with E-state index in [0.29, 0.717) is 11.2 Å². The van der Waals surface area contributed by atoms with E-state index in [9.17, 15) is 4.39 Å². The largest absolute Gasteiger partial charge is 0.358 e. The van der Waals surface area contributed by atoms with E-state index in [1.54, 1.807) is 0 Å². The predicted octanol–water partition coefficient (Wildman–Crippen LogP) is 2.20. The van der Waals surface area contributed by atoms with Gasteiger partial charge in [-0.3, -0.25) is 0 Å². The third-order valence-electron chi connectivity index (χ3n) is 1.10. The second-order valence-corrected chi connectivity index (χ2v) is 4.00. The highest BCUT2D eigenvalue weighted by Gasteiger charge is 2.10. The molecular formula is C6H11FN3PS. The summed E-state index contributed by atoms with van der Waals surface area (Å²) in [6, 6.07) is 0.299. The van der Waals surface area contributed by atoms with Crippen LogP contribution in [0.5, 0.6) is 0 Å². The van der Waals surface area contributed by atoms with Crippen molar-refractivity contribution in [2.45, 2.75) is 25.8 Å². The van der Waals surface area contributed by atoms with Gasteiger partial charge in [0.1, 0.15) is 0 Å². The maximum absolute atomic E-state index is 12.6. The first-order valence-corrected chi connectivity index (χ1v) is 5.03. The van der Waals surface area contributed by atoms with Crippen LogP contribution in [0.3, 0.4) is 0 Å². The van der Waals surface area contributed by atoms with E-state index in [1.807, 2.05) is 23.1 Å². The molecule has 3 nitrogen and oxygen atoms in total. The summed E-state index contributed by atoms with van der Waals surface area (Å²) in [5, 5.41) is 3.72. The molecule has 12 heavy (non-hydrogen) atoms. The number of nitrogens with one attached hydrogen (secondary N) is 1. The number of aromatic nitrogens is 2. The zero-order chi connectivity index (χ0) is 9.14. The molecule has 0 bridgehead atoms. The highest BCUT2D eigenvalue weighted by atomic mass is 32.1. The fourth-order valence-corrected chi connectivity index (χ4v) is 1.65. The van der Waals surface area contributed by atoms with Crippen LogP contribution in [0.2, 0.25) is 0 Å². The SMILES string of the molecule is CC(C)Nc1nc(C(F)P)ns1. The molecule has 2 atom stereocenters. The molecule has 0 spiro atoms. The zero-order valence-electron chi connectivity index (χ0n) is 6.91. The number of rotatable bonds is 3. The molecule has 6 heteroatoms. The van der Waals surface area contributed by atoms with E-state index in [2.05, 4.69) is 14.7 Å². The minimum Gasteiger partial charge on any atom is -0.358 e. The summed E-state index contributed by atoms with van der Waals surface area (Å²) < 4.78 is 16.4. The number of hydrogen-bond acceptors (Lipinski definition) is 4. The average molecular weight is 207 g/mol. The Morgan fingerprint density at radius 3 is 2.67 bits per heavy atom. The number of anilines is 1. The van der Waals surface area contributed by atoms with Crippen LogP contribution in [0.25, 0.3) is 0 Å². The maximum Gasteiger partial charge on any atom is 0.202 e. The van der Waals surface area contributed by atoms with Crippen molar-refractivity contribution in [3.05, 3.63) is 5.82 Å². The van der Waals surface area contributed by atoms with Crippen LogP contribution in [-0.2, 0) is 0 Å². The van der Waals surface area contributed by atoms with Gasteiger partial charge in [-0.05, 0) is 13.8 Å². The van der Waals surface area contributed by atoms with Crippen molar-refractivity contribution in [2.24, 2.45) is 0 Å². The molecule has 0 radical (unpaired) electrons.